The molecule has 1 aliphatic carbocycles. The second-order valence-corrected chi connectivity index (χ2v) is 9.59. The van der Waals surface area contributed by atoms with Gasteiger partial charge in [0.25, 0.3) is 5.91 Å². The van der Waals surface area contributed by atoms with E-state index in [-0.39, 0.29) is 18.2 Å². The zero-order valence-electron chi connectivity index (χ0n) is 19.3. The van der Waals surface area contributed by atoms with Crippen molar-refractivity contribution >= 4 is 41.0 Å². The second-order valence-electron chi connectivity index (χ2n) is 8.78. The molecule has 1 saturated carbocycles. The Morgan fingerprint density at radius 3 is 2.44 bits per heavy atom. The fourth-order valence-electron chi connectivity index (χ4n) is 3.54. The predicted octanol–water partition coefficient (Wildman–Crippen LogP) is 6.22. The summed E-state index contributed by atoms with van der Waals surface area (Å²) in [5.41, 5.74) is 1.81. The van der Waals surface area contributed by atoms with Gasteiger partial charge in [0.15, 0.2) is 0 Å². The molecule has 0 heterocycles. The summed E-state index contributed by atoms with van der Waals surface area (Å²) < 4.78 is 5.12. The Balaban J connectivity index is 1.64. The molecule has 34 heavy (non-hydrogen) atoms. The number of ether oxygens (including phenoxy) is 1. The third-order valence-corrected chi connectivity index (χ3v) is 6.10. The monoisotopic (exact) mass is 499 g/mol. The highest BCUT2D eigenvalue weighted by Crippen LogP contribution is 2.49. The predicted molar refractivity (Wildman–Crippen MR) is 134 cm³/mol. The summed E-state index contributed by atoms with van der Waals surface area (Å²) in [6, 6.07) is 13.9. The van der Waals surface area contributed by atoms with Gasteiger partial charge in [-0.3, -0.25) is 14.5 Å². The lowest BCUT2D eigenvalue weighted by molar-refractivity contribution is -0.157. The van der Waals surface area contributed by atoms with Crippen molar-refractivity contribution in [2.75, 3.05) is 6.54 Å². The summed E-state index contributed by atoms with van der Waals surface area (Å²) in [7, 11) is 0. The van der Waals surface area contributed by atoms with Gasteiger partial charge in [-0.25, -0.2) is 4.79 Å². The highest BCUT2D eigenvalue weighted by atomic mass is 35.5. The van der Waals surface area contributed by atoms with Gasteiger partial charge in [-0.2, -0.15) is 0 Å². The van der Waals surface area contributed by atoms with Gasteiger partial charge >= 0.3 is 11.9 Å². The van der Waals surface area contributed by atoms with E-state index in [1.54, 1.807) is 43.3 Å². The van der Waals surface area contributed by atoms with Gasteiger partial charge < -0.3 is 4.74 Å². The van der Waals surface area contributed by atoms with Gasteiger partial charge in [0.05, 0.1) is 10.0 Å². The number of allylic oxidation sites excluding steroid dienone is 3. The first-order valence-corrected chi connectivity index (χ1v) is 11.9. The van der Waals surface area contributed by atoms with Crippen LogP contribution in [-0.4, -0.2) is 29.2 Å². The van der Waals surface area contributed by atoms with Crippen molar-refractivity contribution < 1.29 is 19.1 Å². The first-order valence-electron chi connectivity index (χ1n) is 11.1. The molecule has 2 unspecified atom stereocenters. The molecule has 2 aromatic rings. The SMILES string of the molecule is CC(/C=C/C1CC1c1ccc(Cl)c(Cl)c1)=C\C(=O)N(CC(C)C)C(=O)C(=O)Oc1ccccc1. The summed E-state index contributed by atoms with van der Waals surface area (Å²) in [4.78, 5) is 38.8. The molecule has 0 aliphatic heterocycles. The number of amides is 2. The van der Waals surface area contributed by atoms with Crippen molar-refractivity contribution in [1.82, 2.24) is 4.90 Å². The van der Waals surface area contributed by atoms with Crippen LogP contribution in [0.4, 0.5) is 0 Å². The summed E-state index contributed by atoms with van der Waals surface area (Å²) in [6.45, 7) is 5.62. The minimum absolute atomic E-state index is 0.0138. The van der Waals surface area contributed by atoms with Crippen molar-refractivity contribution in [3.8, 4) is 5.75 Å². The average molecular weight is 500 g/mol. The Labute approximate surface area is 210 Å². The number of hydrogen-bond acceptors (Lipinski definition) is 4. The maximum Gasteiger partial charge on any atom is 0.402 e. The van der Waals surface area contributed by atoms with Crippen LogP contribution in [0.2, 0.25) is 10.0 Å². The normalized spacial score (nSPS) is 17.6. The lowest BCUT2D eigenvalue weighted by atomic mass is 10.1. The molecule has 2 atom stereocenters. The number of imide groups is 1. The minimum atomic E-state index is -1.09. The third kappa shape index (κ3) is 7.05. The lowest BCUT2D eigenvalue weighted by Gasteiger charge is -2.20. The number of carbonyl (C=O) groups is 3. The molecule has 5 nitrogen and oxygen atoms in total. The zero-order chi connectivity index (χ0) is 24.8. The maximum atomic E-state index is 12.9. The van der Waals surface area contributed by atoms with E-state index in [0.29, 0.717) is 27.5 Å². The average Bonchev–Trinajstić information content (AvgIpc) is 3.57. The molecule has 178 valence electrons. The number of para-hydroxylation sites is 1. The Bertz CT molecular complexity index is 1120. The number of esters is 1. The molecule has 0 saturated heterocycles. The van der Waals surface area contributed by atoms with E-state index < -0.39 is 17.8 Å². The molecule has 0 N–H and O–H groups in total. The van der Waals surface area contributed by atoms with Crippen molar-refractivity contribution in [3.63, 3.8) is 0 Å². The highest BCUT2D eigenvalue weighted by molar-refractivity contribution is 6.42. The molecule has 2 amide bonds. The van der Waals surface area contributed by atoms with Gasteiger partial charge in [0.1, 0.15) is 5.75 Å². The van der Waals surface area contributed by atoms with Gasteiger partial charge in [0.2, 0.25) is 0 Å². The van der Waals surface area contributed by atoms with Crippen molar-refractivity contribution in [1.29, 1.82) is 0 Å². The number of nitrogens with zero attached hydrogens (tertiary/aromatic N) is 1. The molecule has 0 aromatic heterocycles. The molecule has 7 heteroatoms. The highest BCUT2D eigenvalue weighted by Gasteiger charge is 2.36. The van der Waals surface area contributed by atoms with E-state index in [1.807, 2.05) is 38.1 Å². The van der Waals surface area contributed by atoms with E-state index in [2.05, 4.69) is 0 Å². The van der Waals surface area contributed by atoms with Crippen LogP contribution in [-0.2, 0) is 14.4 Å². The number of halogens is 2. The summed E-state index contributed by atoms with van der Waals surface area (Å²) in [6.07, 6.45) is 6.26. The lowest BCUT2D eigenvalue weighted by Crippen LogP contribution is -2.44. The molecule has 1 fully saturated rings. The van der Waals surface area contributed by atoms with Crippen LogP contribution >= 0.6 is 23.2 Å². The van der Waals surface area contributed by atoms with E-state index in [1.165, 1.54) is 6.08 Å². The van der Waals surface area contributed by atoms with Gasteiger partial charge in [-0.05, 0) is 66.5 Å². The molecular weight excluding hydrogens is 473 g/mol. The Morgan fingerprint density at radius 2 is 1.79 bits per heavy atom. The Kier molecular flexibility index (Phi) is 8.70. The quantitative estimate of drug-likeness (QED) is 0.149. The van der Waals surface area contributed by atoms with E-state index in [4.69, 9.17) is 27.9 Å². The van der Waals surface area contributed by atoms with Crippen LogP contribution in [0.3, 0.4) is 0 Å². The van der Waals surface area contributed by atoms with Crippen LogP contribution in [0.5, 0.6) is 5.75 Å². The van der Waals surface area contributed by atoms with Crippen LogP contribution in [0.25, 0.3) is 0 Å². The van der Waals surface area contributed by atoms with Crippen molar-refractivity contribution in [3.05, 3.63) is 87.9 Å². The summed E-state index contributed by atoms with van der Waals surface area (Å²) in [5, 5.41) is 1.07. The molecular formula is C27H27Cl2NO4. The van der Waals surface area contributed by atoms with E-state index >= 15 is 0 Å². The van der Waals surface area contributed by atoms with Crippen LogP contribution in [0.15, 0.2) is 72.3 Å². The summed E-state index contributed by atoms with van der Waals surface area (Å²) in [5.74, 6) is -1.70. The second kappa shape index (κ2) is 11.5. The fourth-order valence-corrected chi connectivity index (χ4v) is 3.84. The van der Waals surface area contributed by atoms with Crippen LogP contribution < -0.4 is 4.74 Å². The van der Waals surface area contributed by atoms with E-state index in [0.717, 1.165) is 16.9 Å². The van der Waals surface area contributed by atoms with Crippen molar-refractivity contribution in [2.45, 2.75) is 33.1 Å². The Morgan fingerprint density at radius 1 is 1.09 bits per heavy atom. The maximum absolute atomic E-state index is 12.9. The molecule has 0 spiro atoms. The van der Waals surface area contributed by atoms with Crippen LogP contribution in [0, 0.1) is 11.8 Å². The van der Waals surface area contributed by atoms with Gasteiger partial charge in [0, 0.05) is 12.6 Å². The standard InChI is InChI=1S/C27H27Cl2NO4/c1-17(2)16-30(26(32)27(33)34-21-7-5-4-6-8-21)25(31)13-18(3)9-10-19-14-22(19)20-11-12-23(28)24(29)15-20/h4-13,15,17,19,22H,14,16H2,1-3H3/b10-9+,18-13+. The third-order valence-electron chi connectivity index (χ3n) is 5.36. The zero-order valence-corrected chi connectivity index (χ0v) is 20.8. The minimum Gasteiger partial charge on any atom is -0.419 e. The molecule has 0 bridgehead atoms. The molecule has 0 radical (unpaired) electrons. The first-order chi connectivity index (χ1) is 16.2. The first kappa shape index (κ1) is 25.7. The fraction of sp³-hybridized carbons (Fsp3) is 0.296. The molecule has 3 rings (SSSR count). The molecule has 2 aromatic carbocycles. The number of benzene rings is 2. The summed E-state index contributed by atoms with van der Waals surface area (Å²) >= 11 is 12.1. The number of carbonyl (C=O) groups excluding carboxylic acids is 3. The molecule has 1 aliphatic rings. The van der Waals surface area contributed by atoms with Crippen molar-refractivity contribution in [2.24, 2.45) is 11.8 Å². The van der Waals surface area contributed by atoms with Gasteiger partial charge in [-0.15, -0.1) is 0 Å². The van der Waals surface area contributed by atoms with E-state index in [9.17, 15) is 14.4 Å². The van der Waals surface area contributed by atoms with Gasteiger partial charge in [-0.1, -0.05) is 73.5 Å². The van der Waals surface area contributed by atoms with Crippen LogP contribution in [0.1, 0.15) is 38.7 Å². The number of hydrogen-bond donors (Lipinski definition) is 0. The smallest absolute Gasteiger partial charge is 0.402 e. The topological polar surface area (TPSA) is 63.7 Å². The Hall–Kier alpha value is -2.89. The largest absolute Gasteiger partial charge is 0.419 e. The number of rotatable bonds is 7.